The van der Waals surface area contributed by atoms with Crippen molar-refractivity contribution in [3.8, 4) is 50.9 Å². The number of hydrogen-bond donors (Lipinski definition) is 5. The zero-order chi connectivity index (χ0) is 50.4. The van der Waals surface area contributed by atoms with Crippen molar-refractivity contribution in [2.45, 2.75) is 57.2 Å². The van der Waals surface area contributed by atoms with Crippen LogP contribution in [-0.2, 0) is 23.8 Å². The highest BCUT2D eigenvalue weighted by molar-refractivity contribution is 6.33. The molecule has 3 aliphatic rings. The molecule has 0 spiro atoms. The SMILES string of the molecule is C1CC2OCCC2O1.Nc1ncnc2n[nH]c(-c3ccc(Oc4ccccc4)cc3)c12.O=C(CCOCCC(=O)N1CCCCC1)NCCOc1ccc(-c2ccc(-c3nc4[nH]c(=O)[nH]c4cc3Cl)cc2)cc1. The Morgan fingerprint density at radius 2 is 1.40 bits per heavy atom. The number of aromatic amines is 3. The highest BCUT2D eigenvalue weighted by atomic mass is 35.5. The highest BCUT2D eigenvalue weighted by Crippen LogP contribution is 2.32. The van der Waals surface area contributed by atoms with E-state index in [1.165, 1.54) is 12.7 Å². The predicted molar refractivity (Wildman–Crippen MR) is 278 cm³/mol. The first kappa shape index (κ1) is 50.3. The fourth-order valence-electron chi connectivity index (χ4n) is 8.71. The van der Waals surface area contributed by atoms with Crippen LogP contribution in [0.4, 0.5) is 5.82 Å². The van der Waals surface area contributed by atoms with Gasteiger partial charge in [-0.25, -0.2) is 19.7 Å². The number of carbonyl (C=O) groups is 2. The maximum atomic E-state index is 12.1. The van der Waals surface area contributed by atoms with Gasteiger partial charge in [-0.3, -0.25) is 19.7 Å². The molecule has 0 radical (unpaired) electrons. The van der Waals surface area contributed by atoms with Crippen LogP contribution in [0.5, 0.6) is 17.2 Å². The van der Waals surface area contributed by atoms with Gasteiger partial charge in [0.2, 0.25) is 11.8 Å². The molecule has 6 N–H and O–H groups in total. The molecule has 2 atom stereocenters. The van der Waals surface area contributed by atoms with Gasteiger partial charge < -0.3 is 44.6 Å². The van der Waals surface area contributed by atoms with Gasteiger partial charge in [0.25, 0.3) is 0 Å². The molecule has 0 aliphatic carbocycles. The number of hydrogen-bond acceptors (Lipinski definition) is 13. The summed E-state index contributed by atoms with van der Waals surface area (Å²) in [7, 11) is 0. The Morgan fingerprint density at radius 3 is 2.12 bits per heavy atom. The van der Waals surface area contributed by atoms with E-state index >= 15 is 0 Å². The van der Waals surface area contributed by atoms with Crippen LogP contribution in [-0.4, -0.2) is 117 Å². The van der Waals surface area contributed by atoms with Crippen LogP contribution in [0.15, 0.2) is 120 Å². The van der Waals surface area contributed by atoms with E-state index in [0.717, 1.165) is 96.8 Å². The Hall–Kier alpha value is -7.64. The minimum atomic E-state index is -0.326. The molecule has 73 heavy (non-hydrogen) atoms. The second-order valence-electron chi connectivity index (χ2n) is 17.5. The van der Waals surface area contributed by atoms with Crippen LogP contribution in [0, 0.1) is 0 Å². The van der Waals surface area contributed by atoms with Gasteiger partial charge in [-0.15, -0.1) is 0 Å². The van der Waals surface area contributed by atoms with E-state index in [1.54, 1.807) is 6.07 Å². The third-order valence-corrected chi connectivity index (χ3v) is 12.8. The van der Waals surface area contributed by atoms with Crippen LogP contribution in [0.3, 0.4) is 0 Å². The number of ether oxygens (including phenoxy) is 5. The zero-order valence-electron chi connectivity index (χ0n) is 40.2. The van der Waals surface area contributed by atoms with Crippen molar-refractivity contribution < 1.29 is 33.3 Å². The summed E-state index contributed by atoms with van der Waals surface area (Å²) in [4.78, 5) is 55.5. The summed E-state index contributed by atoms with van der Waals surface area (Å²) in [5.41, 5.74) is 12.4. The predicted octanol–water partition coefficient (Wildman–Crippen LogP) is 8.50. The molecule has 19 heteroatoms. The lowest BCUT2D eigenvalue weighted by Gasteiger charge is -2.26. The molecule has 378 valence electrons. The van der Waals surface area contributed by atoms with Gasteiger partial charge in [0.15, 0.2) is 11.3 Å². The molecule has 3 aliphatic heterocycles. The van der Waals surface area contributed by atoms with Crippen LogP contribution < -0.4 is 26.2 Å². The number of rotatable bonds is 15. The molecule has 2 amide bonds. The number of amides is 2. The number of carbonyl (C=O) groups excluding carboxylic acids is 2. The number of nitrogens with two attached hydrogens (primary N) is 1. The third kappa shape index (κ3) is 13.5. The van der Waals surface area contributed by atoms with E-state index < -0.39 is 0 Å². The van der Waals surface area contributed by atoms with Crippen LogP contribution >= 0.6 is 11.6 Å². The maximum absolute atomic E-state index is 12.1. The van der Waals surface area contributed by atoms with Crippen molar-refractivity contribution >= 4 is 51.4 Å². The lowest BCUT2D eigenvalue weighted by atomic mass is 10.0. The molecule has 18 nitrogen and oxygen atoms in total. The van der Waals surface area contributed by atoms with E-state index in [4.69, 9.17) is 41.0 Å². The maximum Gasteiger partial charge on any atom is 0.325 e. The largest absolute Gasteiger partial charge is 0.492 e. The average Bonchev–Trinajstić information content (AvgIpc) is 4.25. The van der Waals surface area contributed by atoms with Gasteiger partial charge in [-0.05, 0) is 97.8 Å². The molecule has 4 aromatic carbocycles. The quantitative estimate of drug-likeness (QED) is 0.0607. The minimum absolute atomic E-state index is 0.113. The van der Waals surface area contributed by atoms with Crippen molar-refractivity contribution in [3.05, 3.63) is 131 Å². The number of halogens is 1. The van der Waals surface area contributed by atoms with Crippen LogP contribution in [0.1, 0.15) is 44.9 Å². The number of likely N-dealkylation sites (tertiary alicyclic amines) is 1. The third-order valence-electron chi connectivity index (χ3n) is 12.5. The number of pyridine rings is 1. The van der Waals surface area contributed by atoms with E-state index in [2.05, 4.69) is 40.4 Å². The first-order chi connectivity index (χ1) is 35.7. The van der Waals surface area contributed by atoms with E-state index in [1.807, 2.05) is 108 Å². The van der Waals surface area contributed by atoms with Crippen molar-refractivity contribution in [1.82, 2.24) is 45.3 Å². The molecular formula is C54H57ClN10O8. The number of fused-ring (bicyclic) bond motifs is 3. The Kier molecular flexibility index (Phi) is 17.0. The second kappa shape index (κ2) is 24.7. The van der Waals surface area contributed by atoms with Gasteiger partial charge in [0.05, 0.1) is 65.7 Å². The smallest absolute Gasteiger partial charge is 0.325 e. The fourth-order valence-corrected chi connectivity index (χ4v) is 8.97. The van der Waals surface area contributed by atoms with Crippen molar-refractivity contribution in [2.75, 3.05) is 58.4 Å². The van der Waals surface area contributed by atoms with Crippen LogP contribution in [0.2, 0.25) is 5.02 Å². The normalized spacial score (nSPS) is 16.0. The summed E-state index contributed by atoms with van der Waals surface area (Å²) in [6.07, 6.45) is 8.49. The molecule has 7 heterocycles. The van der Waals surface area contributed by atoms with Gasteiger partial charge in [0.1, 0.15) is 36.0 Å². The summed E-state index contributed by atoms with van der Waals surface area (Å²) in [6.45, 7) is 4.86. The van der Waals surface area contributed by atoms with Gasteiger partial charge in [0, 0.05) is 43.9 Å². The molecule has 4 aromatic heterocycles. The molecular weight excluding hydrogens is 952 g/mol. The number of benzene rings is 4. The number of piperidine rings is 1. The number of nitrogens with one attached hydrogen (secondary N) is 4. The van der Waals surface area contributed by atoms with Crippen LogP contribution in [0.25, 0.3) is 55.8 Å². The molecule has 3 saturated heterocycles. The Balaban J connectivity index is 0.000000174. The van der Waals surface area contributed by atoms with Crippen molar-refractivity contribution in [1.29, 1.82) is 0 Å². The van der Waals surface area contributed by atoms with Gasteiger partial charge >= 0.3 is 5.69 Å². The second-order valence-corrected chi connectivity index (χ2v) is 17.9. The van der Waals surface area contributed by atoms with E-state index in [0.29, 0.717) is 77.5 Å². The molecule has 0 bridgehead atoms. The number of nitrogens with zero attached hydrogens (tertiary/aromatic N) is 5. The molecule has 0 saturated carbocycles. The zero-order valence-corrected chi connectivity index (χ0v) is 40.9. The number of H-pyrrole nitrogens is 3. The topological polar surface area (TPSA) is 238 Å². The van der Waals surface area contributed by atoms with Gasteiger partial charge in [-0.1, -0.05) is 66.2 Å². The number of imidazole rings is 1. The lowest BCUT2D eigenvalue weighted by Crippen LogP contribution is -2.36. The molecule has 2 unspecified atom stereocenters. The number of anilines is 1. The molecule has 3 fully saturated rings. The minimum Gasteiger partial charge on any atom is -0.492 e. The lowest BCUT2D eigenvalue weighted by molar-refractivity contribution is -0.133. The van der Waals surface area contributed by atoms with Gasteiger partial charge in [-0.2, -0.15) is 5.10 Å². The number of nitrogen functional groups attached to an aromatic ring is 1. The summed E-state index contributed by atoms with van der Waals surface area (Å²) < 4.78 is 27.7. The first-order valence-corrected chi connectivity index (χ1v) is 24.9. The monoisotopic (exact) mass is 1010 g/mol. The highest BCUT2D eigenvalue weighted by Gasteiger charge is 2.33. The number of aromatic nitrogens is 7. The Bertz CT molecular complexity index is 3110. The Labute approximate surface area is 425 Å². The number of para-hydroxylation sites is 1. The average molecular weight is 1010 g/mol. The molecule has 11 rings (SSSR count). The summed E-state index contributed by atoms with van der Waals surface area (Å²) in [6, 6.07) is 34.6. The Morgan fingerprint density at radius 1 is 0.753 bits per heavy atom. The fraction of sp³-hybridized carbons (Fsp3) is 0.315. The van der Waals surface area contributed by atoms with Crippen molar-refractivity contribution in [3.63, 3.8) is 0 Å². The summed E-state index contributed by atoms with van der Waals surface area (Å²) in [5.74, 6) is 2.68. The summed E-state index contributed by atoms with van der Waals surface area (Å²) >= 11 is 6.40. The van der Waals surface area contributed by atoms with Crippen molar-refractivity contribution in [2.24, 2.45) is 0 Å². The van der Waals surface area contributed by atoms with E-state index in [9.17, 15) is 14.4 Å². The summed E-state index contributed by atoms with van der Waals surface area (Å²) in [5, 5.41) is 11.1. The first-order valence-electron chi connectivity index (χ1n) is 24.5. The van der Waals surface area contributed by atoms with E-state index in [-0.39, 0.29) is 30.5 Å². The standard InChI is InChI=1S/C31H34ClN5O5.C17H13N5O.C6H10O2/c32-25-20-26-30(36-31(40)34-26)35-29(25)23-6-4-21(5-7-23)22-8-10-24(11-9-22)42-19-14-33-27(38)12-17-41-18-13-28(39)37-15-2-1-3-16-37;18-16-14-15(21-22-17(14)20-10-19-16)11-6-8-13(9-7-11)23-12-4-2-1-3-5-12;1-3-7-6-2-4-8-5(1)6/h4-11,20H,1-3,12-19H2,(H,33,38)(H2,34,35,36,40);1-10H,(H3,18,19,20,21,22);5-6H,1-4H2. The molecule has 8 aromatic rings.